The van der Waals surface area contributed by atoms with E-state index >= 15 is 0 Å². The van der Waals surface area contributed by atoms with Gasteiger partial charge >= 0.3 is 23.7 Å². The number of alkyl carbamates (subject to hydrolysis) is 1. The van der Waals surface area contributed by atoms with Crippen LogP contribution in [0.5, 0.6) is 0 Å². The van der Waals surface area contributed by atoms with Gasteiger partial charge in [-0.1, -0.05) is 12.1 Å². The first-order chi connectivity index (χ1) is 20.4. The lowest BCUT2D eigenvalue weighted by Gasteiger charge is -2.21. The van der Waals surface area contributed by atoms with E-state index in [1.165, 1.54) is 0 Å². The molecule has 0 saturated carbocycles. The second-order valence-corrected chi connectivity index (χ2v) is 10.8. The largest absolute Gasteiger partial charge is 0.480 e. The predicted octanol–water partition coefficient (Wildman–Crippen LogP) is -0.0248. The molecule has 1 unspecified atom stereocenters. The summed E-state index contributed by atoms with van der Waals surface area (Å²) in [6.45, 7) is 7.35. The number of fused-ring (bicyclic) bond motifs is 1. The fraction of sp³-hybridized carbons (Fsp3) is 0.481. The van der Waals surface area contributed by atoms with Gasteiger partial charge in [0.15, 0.2) is 11.9 Å². The Morgan fingerprint density at radius 2 is 1.66 bits per heavy atom. The van der Waals surface area contributed by atoms with Crippen LogP contribution in [-0.4, -0.2) is 77.0 Å². The molecule has 1 amide bonds. The van der Waals surface area contributed by atoms with Crippen molar-refractivity contribution in [3.05, 3.63) is 40.2 Å². The molecule has 1 aromatic heterocycles. The Hall–Kier alpha value is -5.06. The minimum atomic E-state index is -1.16. The van der Waals surface area contributed by atoms with Crippen molar-refractivity contribution in [3.63, 3.8) is 0 Å². The van der Waals surface area contributed by atoms with Crippen LogP contribution in [0, 0.1) is 6.92 Å². The molecule has 3 atom stereocenters. The molecular formula is C27H43N9O8. The number of hydrogen-bond acceptors (Lipinski definition) is 10. The normalized spacial score (nSPS) is 12.8. The summed E-state index contributed by atoms with van der Waals surface area (Å²) < 4.78 is 10.3. The molecule has 0 saturated heterocycles. The number of aryl methyl sites for hydroxylation is 1. The van der Waals surface area contributed by atoms with E-state index in [0.29, 0.717) is 18.5 Å². The maximum Gasteiger partial charge on any atom is 0.408 e. The van der Waals surface area contributed by atoms with Crippen molar-refractivity contribution >= 4 is 46.6 Å². The molecule has 0 fully saturated rings. The van der Waals surface area contributed by atoms with Crippen molar-refractivity contribution in [1.82, 2.24) is 5.32 Å². The number of guanidine groups is 2. The quantitative estimate of drug-likeness (QED) is 0.0614. The molecule has 2 rings (SSSR count). The van der Waals surface area contributed by atoms with Crippen molar-refractivity contribution in [2.75, 3.05) is 18.4 Å². The second-order valence-electron chi connectivity index (χ2n) is 10.8. The van der Waals surface area contributed by atoms with Gasteiger partial charge in [-0.15, -0.1) is 0 Å². The Morgan fingerprint density at radius 3 is 2.20 bits per heavy atom. The third-order valence-corrected chi connectivity index (χ3v) is 5.54. The average Bonchev–Trinajstić information content (AvgIpc) is 2.88. The third kappa shape index (κ3) is 14.7. The minimum absolute atomic E-state index is 0.0253. The number of nitrogens with two attached hydrogens (primary N) is 5. The number of carboxylic acid groups (broad SMARTS) is 2. The lowest BCUT2D eigenvalue weighted by molar-refractivity contribution is -0.140. The number of aliphatic imine (C=N–C) groups is 2. The molecule has 0 spiro atoms. The highest BCUT2D eigenvalue weighted by atomic mass is 16.6. The molecule has 14 N–H and O–H groups in total. The van der Waals surface area contributed by atoms with Gasteiger partial charge in [-0.2, -0.15) is 0 Å². The maximum atomic E-state index is 12.2. The second kappa shape index (κ2) is 17.2. The number of ether oxygens (including phenoxy) is 1. The SMILES string of the molecule is CC(C)(C)OC(=O)N[C@@H](CCCN=C(N)N)C(=O)O.Cc1ccc2cc(NC(CN=C(N)N)C[C@H](N)C(=O)O)c(=O)oc2c1. The van der Waals surface area contributed by atoms with E-state index < -0.39 is 47.4 Å². The Balaban J connectivity index is 0.000000459. The Labute approximate surface area is 253 Å². The average molecular weight is 622 g/mol. The summed E-state index contributed by atoms with van der Waals surface area (Å²) in [5.74, 6) is -2.48. The first kappa shape index (κ1) is 37.0. The zero-order chi connectivity index (χ0) is 33.6. The number of hydrogen-bond donors (Lipinski definition) is 9. The molecule has 44 heavy (non-hydrogen) atoms. The topological polar surface area (TPSA) is 310 Å². The zero-order valence-electron chi connectivity index (χ0n) is 25.2. The fourth-order valence-electron chi connectivity index (χ4n) is 3.55. The van der Waals surface area contributed by atoms with Gasteiger partial charge < -0.3 is 58.7 Å². The summed E-state index contributed by atoms with van der Waals surface area (Å²) in [5.41, 5.74) is 26.9. The molecule has 17 heteroatoms. The molecule has 1 heterocycles. The van der Waals surface area contributed by atoms with Gasteiger partial charge in [-0.25, -0.2) is 14.4 Å². The maximum absolute atomic E-state index is 12.2. The Kier molecular flexibility index (Phi) is 14.4. The Bertz CT molecular complexity index is 1390. The highest BCUT2D eigenvalue weighted by molar-refractivity contribution is 5.81. The van der Waals surface area contributed by atoms with Crippen molar-refractivity contribution in [2.24, 2.45) is 38.7 Å². The summed E-state index contributed by atoms with van der Waals surface area (Å²) in [4.78, 5) is 53.2. The molecule has 2 aromatic rings. The van der Waals surface area contributed by atoms with Crippen LogP contribution in [-0.2, 0) is 14.3 Å². The smallest absolute Gasteiger partial charge is 0.408 e. The zero-order valence-corrected chi connectivity index (χ0v) is 25.2. The molecule has 0 aliphatic heterocycles. The number of anilines is 1. The van der Waals surface area contributed by atoms with Crippen LogP contribution in [0.3, 0.4) is 0 Å². The van der Waals surface area contributed by atoms with Crippen molar-refractivity contribution in [3.8, 4) is 0 Å². The lowest BCUT2D eigenvalue weighted by atomic mass is 10.1. The van der Waals surface area contributed by atoms with Crippen LogP contribution in [0.2, 0.25) is 0 Å². The Morgan fingerprint density at radius 1 is 1.02 bits per heavy atom. The molecule has 1 aromatic carbocycles. The third-order valence-electron chi connectivity index (χ3n) is 5.54. The molecule has 0 bridgehead atoms. The first-order valence-electron chi connectivity index (χ1n) is 13.5. The number of amides is 1. The molecule has 0 aliphatic carbocycles. The van der Waals surface area contributed by atoms with E-state index in [9.17, 15) is 19.2 Å². The minimum Gasteiger partial charge on any atom is -0.480 e. The molecule has 0 radical (unpaired) electrons. The van der Waals surface area contributed by atoms with Gasteiger partial charge in [0.05, 0.1) is 6.54 Å². The molecule has 17 nitrogen and oxygen atoms in total. The van der Waals surface area contributed by atoms with Crippen LogP contribution in [0.1, 0.15) is 45.6 Å². The number of carboxylic acids is 2. The van der Waals surface area contributed by atoms with E-state index in [0.717, 1.165) is 10.9 Å². The molecular weight excluding hydrogens is 578 g/mol. The van der Waals surface area contributed by atoms with Crippen LogP contribution < -0.4 is 44.9 Å². The standard InChI is InChI=1S/C16H21N5O4.C11H22N4O4/c1-8-2-3-9-5-12(15(24)25-13(9)4-8)21-10(7-20-16(18)19)6-11(17)14(22)23;1-11(2,3)19-10(18)15-7(8(16)17)5-4-6-14-9(12)13/h2-5,10-11,21H,6-7,17H2,1H3,(H,22,23)(H4,18,19,20);7H,4-6H2,1-3H3,(H,15,18)(H,16,17)(H4,12,13,14)/t10?,11-;7-/m00/s1. The van der Waals surface area contributed by atoms with Gasteiger partial charge in [0.2, 0.25) is 0 Å². The van der Waals surface area contributed by atoms with Crippen LogP contribution in [0.25, 0.3) is 11.0 Å². The van der Waals surface area contributed by atoms with E-state index in [1.807, 2.05) is 19.1 Å². The van der Waals surface area contributed by atoms with Gasteiger partial charge in [0.25, 0.3) is 0 Å². The molecule has 0 aliphatic rings. The molecule has 244 valence electrons. The van der Waals surface area contributed by atoms with E-state index in [4.69, 9.17) is 48.0 Å². The number of rotatable bonds is 13. The monoisotopic (exact) mass is 621 g/mol. The number of benzene rings is 1. The van der Waals surface area contributed by atoms with Crippen molar-refractivity contribution < 1.29 is 33.8 Å². The summed E-state index contributed by atoms with van der Waals surface area (Å²) in [6.07, 6.45) is -0.0882. The van der Waals surface area contributed by atoms with E-state index in [-0.39, 0.29) is 37.0 Å². The highest BCUT2D eigenvalue weighted by Crippen LogP contribution is 2.18. The fourth-order valence-corrected chi connectivity index (χ4v) is 3.55. The number of nitrogens with one attached hydrogen (secondary N) is 2. The van der Waals surface area contributed by atoms with Gasteiger partial charge in [0.1, 0.15) is 29.0 Å². The van der Waals surface area contributed by atoms with E-state index in [1.54, 1.807) is 32.9 Å². The summed E-state index contributed by atoms with van der Waals surface area (Å²) in [6, 6.07) is 4.41. The van der Waals surface area contributed by atoms with Crippen molar-refractivity contribution in [2.45, 2.75) is 70.7 Å². The number of aliphatic carboxylic acids is 2. The number of nitrogens with zero attached hydrogens (tertiary/aromatic N) is 2. The van der Waals surface area contributed by atoms with Crippen LogP contribution >= 0.6 is 0 Å². The first-order valence-corrected chi connectivity index (χ1v) is 13.5. The van der Waals surface area contributed by atoms with Gasteiger partial charge in [-0.3, -0.25) is 14.8 Å². The summed E-state index contributed by atoms with van der Waals surface area (Å²) >= 11 is 0. The van der Waals surface area contributed by atoms with Gasteiger partial charge in [-0.05, 0) is 64.7 Å². The highest BCUT2D eigenvalue weighted by Gasteiger charge is 2.23. The number of carbonyl (C=O) groups excluding carboxylic acids is 1. The van der Waals surface area contributed by atoms with Crippen molar-refractivity contribution in [1.29, 1.82) is 0 Å². The van der Waals surface area contributed by atoms with Gasteiger partial charge in [0, 0.05) is 18.0 Å². The van der Waals surface area contributed by atoms with Crippen LogP contribution in [0.15, 0.2) is 43.5 Å². The van der Waals surface area contributed by atoms with Crippen LogP contribution in [0.4, 0.5) is 10.5 Å². The summed E-state index contributed by atoms with van der Waals surface area (Å²) in [5, 5.41) is 23.9. The number of carbonyl (C=O) groups is 3. The van der Waals surface area contributed by atoms with E-state index in [2.05, 4.69) is 20.6 Å². The summed E-state index contributed by atoms with van der Waals surface area (Å²) in [7, 11) is 0. The lowest BCUT2D eigenvalue weighted by Crippen LogP contribution is -2.43. The predicted molar refractivity (Wildman–Crippen MR) is 166 cm³/mol.